The zero-order chi connectivity index (χ0) is 22.7. The molecule has 0 fully saturated rings. The predicted octanol–water partition coefficient (Wildman–Crippen LogP) is 5.46. The zero-order valence-corrected chi connectivity index (χ0v) is 16.5. The number of nitro benzene ring substituents is 1. The Morgan fingerprint density at radius 1 is 1.09 bits per heavy atom. The van der Waals surface area contributed by atoms with Crippen molar-refractivity contribution in [3.63, 3.8) is 0 Å². The van der Waals surface area contributed by atoms with Gasteiger partial charge < -0.3 is 4.57 Å². The van der Waals surface area contributed by atoms with Crippen LogP contribution < -0.4 is 5.43 Å². The molecule has 0 saturated carbocycles. The lowest BCUT2D eigenvalue weighted by Gasteiger charge is -2.06. The monoisotopic (exact) mass is 439 g/mol. The summed E-state index contributed by atoms with van der Waals surface area (Å²) in [4.78, 5) is 14.1. The number of benzene rings is 2. The second kappa shape index (κ2) is 8.50. The topological polar surface area (TPSA) is 85.3 Å². The molecule has 0 radical (unpaired) electrons. The fraction of sp³-hybridized carbons (Fsp3) is 0.0909. The molecular formula is C22H16F3N5O2. The number of pyridine rings is 1. The summed E-state index contributed by atoms with van der Waals surface area (Å²) in [6, 6.07) is 16.1. The maximum Gasteiger partial charge on any atom is 0.417 e. The molecule has 0 atom stereocenters. The van der Waals surface area contributed by atoms with E-state index in [1.165, 1.54) is 18.2 Å². The highest BCUT2D eigenvalue weighted by Gasteiger charge is 2.30. The van der Waals surface area contributed by atoms with E-state index in [2.05, 4.69) is 15.5 Å². The van der Waals surface area contributed by atoms with E-state index in [-0.39, 0.29) is 11.5 Å². The van der Waals surface area contributed by atoms with Crippen molar-refractivity contribution in [2.75, 3.05) is 5.43 Å². The molecule has 2 aromatic heterocycles. The van der Waals surface area contributed by atoms with E-state index in [4.69, 9.17) is 0 Å². The molecule has 2 aromatic carbocycles. The Hall–Kier alpha value is -4.21. The van der Waals surface area contributed by atoms with E-state index < -0.39 is 16.7 Å². The first-order valence-corrected chi connectivity index (χ1v) is 9.45. The van der Waals surface area contributed by atoms with Crippen molar-refractivity contribution in [3.05, 3.63) is 99.9 Å². The third-order valence-corrected chi connectivity index (χ3v) is 4.79. The minimum atomic E-state index is -4.44. The molecule has 0 spiro atoms. The van der Waals surface area contributed by atoms with E-state index >= 15 is 0 Å². The number of fused-ring (bicyclic) bond motifs is 1. The first-order chi connectivity index (χ1) is 15.3. The number of halogens is 3. The number of hydrogen-bond acceptors (Lipinski definition) is 5. The SMILES string of the molecule is O=[N+]([O-])c1ccc(Cn2cc(/C=N\Nc3ccc(C(F)(F)F)cn3)c3ccccc32)cc1. The summed E-state index contributed by atoms with van der Waals surface area (Å²) < 4.78 is 39.9. The molecule has 162 valence electrons. The molecule has 0 bridgehead atoms. The van der Waals surface area contributed by atoms with Crippen molar-refractivity contribution in [1.82, 2.24) is 9.55 Å². The van der Waals surface area contributed by atoms with Crippen LogP contribution in [0.3, 0.4) is 0 Å². The van der Waals surface area contributed by atoms with Gasteiger partial charge in [-0.25, -0.2) is 4.98 Å². The summed E-state index contributed by atoms with van der Waals surface area (Å²) >= 11 is 0. The third-order valence-electron chi connectivity index (χ3n) is 4.79. The normalized spacial score (nSPS) is 11.8. The van der Waals surface area contributed by atoms with Gasteiger partial charge in [-0.2, -0.15) is 18.3 Å². The summed E-state index contributed by atoms with van der Waals surface area (Å²) in [6.07, 6.45) is -0.250. The highest BCUT2D eigenvalue weighted by Crippen LogP contribution is 2.29. The molecule has 0 aliphatic heterocycles. The van der Waals surface area contributed by atoms with Gasteiger partial charge in [0, 0.05) is 47.5 Å². The van der Waals surface area contributed by atoms with E-state index in [1.807, 2.05) is 35.0 Å². The van der Waals surface area contributed by atoms with Crippen molar-refractivity contribution in [3.8, 4) is 0 Å². The van der Waals surface area contributed by atoms with Gasteiger partial charge in [0.2, 0.25) is 0 Å². The van der Waals surface area contributed by atoms with Gasteiger partial charge in [-0.3, -0.25) is 15.5 Å². The first kappa shape index (κ1) is 21.0. The standard InChI is InChI=1S/C22H16F3N5O2/c23-22(24,25)17-7-10-21(26-12-17)28-27-11-16-14-29(20-4-2-1-3-19(16)20)13-15-5-8-18(9-6-15)30(31)32/h1-12,14H,13H2,(H,26,28)/b27-11-. The van der Waals surface area contributed by atoms with Crippen LogP contribution >= 0.6 is 0 Å². The number of para-hydroxylation sites is 1. The summed E-state index contributed by atoms with van der Waals surface area (Å²) in [5.41, 5.74) is 4.46. The maximum absolute atomic E-state index is 12.6. The van der Waals surface area contributed by atoms with Crippen LogP contribution in [0.25, 0.3) is 10.9 Å². The zero-order valence-electron chi connectivity index (χ0n) is 16.5. The number of nitrogens with one attached hydrogen (secondary N) is 1. The molecule has 4 aromatic rings. The first-order valence-electron chi connectivity index (χ1n) is 9.45. The minimum absolute atomic E-state index is 0.0295. The lowest BCUT2D eigenvalue weighted by molar-refractivity contribution is -0.384. The fourth-order valence-electron chi connectivity index (χ4n) is 3.22. The fourth-order valence-corrected chi connectivity index (χ4v) is 3.22. The molecule has 0 unspecified atom stereocenters. The highest BCUT2D eigenvalue weighted by molar-refractivity contribution is 5.99. The maximum atomic E-state index is 12.6. The number of hydrazone groups is 1. The Morgan fingerprint density at radius 2 is 1.84 bits per heavy atom. The Bertz CT molecular complexity index is 1280. The summed E-state index contributed by atoms with van der Waals surface area (Å²) in [6.45, 7) is 0.500. The molecule has 0 aliphatic rings. The summed E-state index contributed by atoms with van der Waals surface area (Å²) in [5.74, 6) is 0.184. The highest BCUT2D eigenvalue weighted by atomic mass is 19.4. The number of non-ortho nitro benzene ring substituents is 1. The van der Waals surface area contributed by atoms with Gasteiger partial charge in [-0.15, -0.1) is 0 Å². The molecule has 4 rings (SSSR count). The number of rotatable bonds is 6. The molecular weight excluding hydrogens is 423 g/mol. The number of nitro groups is 1. The summed E-state index contributed by atoms with van der Waals surface area (Å²) in [5, 5.41) is 15.9. The Kier molecular flexibility index (Phi) is 5.59. The average Bonchev–Trinajstić information content (AvgIpc) is 3.11. The van der Waals surface area contributed by atoms with Crippen LogP contribution in [0.5, 0.6) is 0 Å². The van der Waals surface area contributed by atoms with Gasteiger partial charge in [0.1, 0.15) is 5.82 Å². The molecule has 0 saturated heterocycles. The second-order valence-electron chi connectivity index (χ2n) is 6.95. The van der Waals surface area contributed by atoms with Crippen LogP contribution in [0, 0.1) is 10.1 Å². The number of aromatic nitrogens is 2. The smallest absolute Gasteiger partial charge is 0.342 e. The van der Waals surface area contributed by atoms with Crippen molar-refractivity contribution < 1.29 is 18.1 Å². The molecule has 32 heavy (non-hydrogen) atoms. The van der Waals surface area contributed by atoms with Gasteiger partial charge >= 0.3 is 6.18 Å². The van der Waals surface area contributed by atoms with Gasteiger partial charge in [0.05, 0.1) is 16.7 Å². The lowest BCUT2D eigenvalue weighted by atomic mass is 10.2. The van der Waals surface area contributed by atoms with Crippen LogP contribution in [0.2, 0.25) is 0 Å². The van der Waals surface area contributed by atoms with Gasteiger partial charge in [-0.05, 0) is 23.8 Å². The van der Waals surface area contributed by atoms with Crippen molar-refractivity contribution >= 4 is 28.6 Å². The van der Waals surface area contributed by atoms with E-state index in [0.29, 0.717) is 6.54 Å². The largest absolute Gasteiger partial charge is 0.417 e. The van der Waals surface area contributed by atoms with Crippen LogP contribution in [-0.2, 0) is 12.7 Å². The van der Waals surface area contributed by atoms with Crippen LogP contribution in [0.4, 0.5) is 24.7 Å². The quantitative estimate of drug-likeness (QED) is 0.246. The van der Waals surface area contributed by atoms with E-state index in [0.717, 1.165) is 34.3 Å². The molecule has 10 heteroatoms. The number of nitrogens with zero attached hydrogens (tertiary/aromatic N) is 4. The number of alkyl halides is 3. The molecule has 7 nitrogen and oxygen atoms in total. The Morgan fingerprint density at radius 3 is 2.50 bits per heavy atom. The van der Waals surface area contributed by atoms with Gasteiger partial charge in [0.25, 0.3) is 5.69 Å². The number of hydrogen-bond donors (Lipinski definition) is 1. The third kappa shape index (κ3) is 4.59. The number of anilines is 1. The van der Waals surface area contributed by atoms with E-state index in [9.17, 15) is 23.3 Å². The summed E-state index contributed by atoms with van der Waals surface area (Å²) in [7, 11) is 0. The van der Waals surface area contributed by atoms with E-state index in [1.54, 1.807) is 18.3 Å². The van der Waals surface area contributed by atoms with Gasteiger partial charge in [-0.1, -0.05) is 30.3 Å². The van der Waals surface area contributed by atoms with Crippen molar-refractivity contribution in [2.45, 2.75) is 12.7 Å². The van der Waals surface area contributed by atoms with Crippen LogP contribution in [-0.4, -0.2) is 20.7 Å². The predicted molar refractivity (Wildman–Crippen MR) is 115 cm³/mol. The van der Waals surface area contributed by atoms with Crippen molar-refractivity contribution in [2.24, 2.45) is 5.10 Å². The Balaban J connectivity index is 1.54. The molecule has 0 aliphatic carbocycles. The van der Waals surface area contributed by atoms with Gasteiger partial charge in [0.15, 0.2) is 0 Å². The molecule has 2 heterocycles. The second-order valence-corrected chi connectivity index (χ2v) is 6.95. The Labute approximate surface area is 180 Å². The van der Waals surface area contributed by atoms with Crippen LogP contribution in [0.15, 0.2) is 78.2 Å². The van der Waals surface area contributed by atoms with Crippen molar-refractivity contribution in [1.29, 1.82) is 0 Å². The molecule has 1 N–H and O–H groups in total. The van der Waals surface area contributed by atoms with Crippen LogP contribution in [0.1, 0.15) is 16.7 Å². The minimum Gasteiger partial charge on any atom is -0.342 e. The lowest BCUT2D eigenvalue weighted by Crippen LogP contribution is -2.05. The molecule has 0 amide bonds. The average molecular weight is 439 g/mol.